The Morgan fingerprint density at radius 2 is 1.60 bits per heavy atom. The first kappa shape index (κ1) is 24.5. The Kier molecular flexibility index (Phi) is 7.54. The molecule has 1 unspecified atom stereocenters. The van der Waals surface area contributed by atoms with Gasteiger partial charge in [0.2, 0.25) is 11.8 Å². The highest BCUT2D eigenvalue weighted by Gasteiger charge is 2.38. The van der Waals surface area contributed by atoms with E-state index in [0.717, 1.165) is 18.7 Å². The number of carbonyl (C=O) groups excluding carboxylic acids is 3. The first-order chi connectivity index (χ1) is 16.9. The minimum absolute atomic E-state index is 0.0700. The number of benzene rings is 2. The zero-order valence-electron chi connectivity index (χ0n) is 20.7. The molecule has 0 aromatic heterocycles. The SMILES string of the molecule is CCOC(=O)C1=C(C)N(CC(=O)N2CCN(c3ccccc3C)CC2)C(=O)CC1c1ccccc1. The van der Waals surface area contributed by atoms with E-state index in [1.807, 2.05) is 47.4 Å². The van der Waals surface area contributed by atoms with Crippen molar-refractivity contribution in [2.75, 3.05) is 44.2 Å². The van der Waals surface area contributed by atoms with Gasteiger partial charge < -0.3 is 19.4 Å². The molecule has 0 radical (unpaired) electrons. The van der Waals surface area contributed by atoms with Crippen LogP contribution in [0.15, 0.2) is 65.9 Å². The molecule has 2 amide bonds. The first-order valence-corrected chi connectivity index (χ1v) is 12.2. The van der Waals surface area contributed by atoms with Crippen LogP contribution in [0.3, 0.4) is 0 Å². The molecule has 184 valence electrons. The van der Waals surface area contributed by atoms with Gasteiger partial charge in [-0.3, -0.25) is 9.59 Å². The van der Waals surface area contributed by atoms with Crippen LogP contribution in [0, 0.1) is 6.92 Å². The fourth-order valence-corrected chi connectivity index (χ4v) is 5.00. The van der Waals surface area contributed by atoms with Crippen LogP contribution in [0.4, 0.5) is 5.69 Å². The van der Waals surface area contributed by atoms with E-state index in [-0.39, 0.29) is 37.3 Å². The van der Waals surface area contributed by atoms with Crippen molar-refractivity contribution in [3.8, 4) is 0 Å². The van der Waals surface area contributed by atoms with Crippen LogP contribution in [0.25, 0.3) is 0 Å². The van der Waals surface area contributed by atoms with Gasteiger partial charge in [-0.15, -0.1) is 0 Å². The topological polar surface area (TPSA) is 70.2 Å². The number of allylic oxidation sites excluding steroid dienone is 1. The standard InChI is InChI=1S/C28H33N3O4/c1-4-35-28(34)27-21(3)31(25(32)18-23(27)22-11-6-5-7-12-22)19-26(33)30-16-14-29(15-17-30)24-13-9-8-10-20(24)2/h5-13,23H,4,14-19H2,1-3H3. The first-order valence-electron chi connectivity index (χ1n) is 12.2. The molecule has 7 heteroatoms. The Hall–Kier alpha value is -3.61. The van der Waals surface area contributed by atoms with Crippen LogP contribution in [-0.2, 0) is 19.1 Å². The molecule has 0 aliphatic carbocycles. The summed E-state index contributed by atoms with van der Waals surface area (Å²) in [5.74, 6) is -1.08. The Labute approximate surface area is 207 Å². The van der Waals surface area contributed by atoms with Crippen molar-refractivity contribution in [3.05, 3.63) is 77.0 Å². The van der Waals surface area contributed by atoms with Gasteiger partial charge in [-0.1, -0.05) is 48.5 Å². The summed E-state index contributed by atoms with van der Waals surface area (Å²) >= 11 is 0. The number of aryl methyl sites for hydroxylation is 1. The van der Waals surface area contributed by atoms with Crippen molar-refractivity contribution >= 4 is 23.5 Å². The highest BCUT2D eigenvalue weighted by molar-refractivity contribution is 5.97. The number of anilines is 1. The summed E-state index contributed by atoms with van der Waals surface area (Å²) in [6.45, 7) is 8.43. The molecule has 35 heavy (non-hydrogen) atoms. The van der Waals surface area contributed by atoms with Crippen LogP contribution in [-0.4, -0.2) is 66.9 Å². The van der Waals surface area contributed by atoms with Crippen molar-refractivity contribution in [1.82, 2.24) is 9.80 Å². The Bertz CT molecular complexity index is 1120. The predicted octanol–water partition coefficient (Wildman–Crippen LogP) is 3.50. The van der Waals surface area contributed by atoms with Gasteiger partial charge in [-0.05, 0) is 38.0 Å². The van der Waals surface area contributed by atoms with Crippen LogP contribution < -0.4 is 4.90 Å². The maximum Gasteiger partial charge on any atom is 0.336 e. The van der Waals surface area contributed by atoms with E-state index in [2.05, 4.69) is 24.0 Å². The zero-order chi connectivity index (χ0) is 24.9. The maximum absolute atomic E-state index is 13.2. The largest absolute Gasteiger partial charge is 0.463 e. The van der Waals surface area contributed by atoms with E-state index >= 15 is 0 Å². The third-order valence-electron chi connectivity index (χ3n) is 6.90. The normalized spacial score (nSPS) is 18.7. The van der Waals surface area contributed by atoms with Crippen LogP contribution in [0.5, 0.6) is 0 Å². The summed E-state index contributed by atoms with van der Waals surface area (Å²) in [6.07, 6.45) is 0.129. The molecule has 0 bridgehead atoms. The third kappa shape index (κ3) is 5.24. The monoisotopic (exact) mass is 475 g/mol. The number of piperazine rings is 1. The molecule has 0 saturated carbocycles. The molecule has 2 heterocycles. The molecule has 2 aliphatic heterocycles. The Morgan fingerprint density at radius 3 is 2.26 bits per heavy atom. The number of para-hydroxylation sites is 1. The lowest BCUT2D eigenvalue weighted by atomic mass is 9.83. The number of carbonyl (C=O) groups is 3. The van der Waals surface area contributed by atoms with E-state index in [1.165, 1.54) is 16.2 Å². The highest BCUT2D eigenvalue weighted by atomic mass is 16.5. The average molecular weight is 476 g/mol. The van der Waals surface area contributed by atoms with Crippen LogP contribution in [0.2, 0.25) is 0 Å². The van der Waals surface area contributed by atoms with Gasteiger partial charge in [0, 0.05) is 49.9 Å². The van der Waals surface area contributed by atoms with Crippen molar-refractivity contribution < 1.29 is 19.1 Å². The lowest BCUT2D eigenvalue weighted by Gasteiger charge is -2.39. The molecular weight excluding hydrogens is 442 g/mol. The van der Waals surface area contributed by atoms with E-state index in [0.29, 0.717) is 24.4 Å². The minimum atomic E-state index is -0.435. The van der Waals surface area contributed by atoms with Crippen LogP contribution in [0.1, 0.15) is 37.3 Å². The quantitative estimate of drug-likeness (QED) is 0.598. The number of ether oxygens (including phenoxy) is 1. The van der Waals surface area contributed by atoms with Gasteiger partial charge in [0.15, 0.2) is 0 Å². The lowest BCUT2D eigenvalue weighted by Crippen LogP contribution is -2.52. The van der Waals surface area contributed by atoms with E-state index in [4.69, 9.17) is 4.74 Å². The predicted molar refractivity (Wildman–Crippen MR) is 135 cm³/mol. The van der Waals surface area contributed by atoms with E-state index < -0.39 is 5.97 Å². The lowest BCUT2D eigenvalue weighted by molar-refractivity contribution is -0.142. The minimum Gasteiger partial charge on any atom is -0.463 e. The third-order valence-corrected chi connectivity index (χ3v) is 6.90. The molecule has 2 aliphatic rings. The molecule has 1 saturated heterocycles. The Morgan fingerprint density at radius 1 is 0.943 bits per heavy atom. The molecule has 7 nitrogen and oxygen atoms in total. The van der Waals surface area contributed by atoms with Gasteiger partial charge in [-0.2, -0.15) is 0 Å². The van der Waals surface area contributed by atoms with Gasteiger partial charge >= 0.3 is 5.97 Å². The second-order valence-corrected chi connectivity index (χ2v) is 9.02. The smallest absolute Gasteiger partial charge is 0.336 e. The van der Waals surface area contributed by atoms with E-state index in [1.54, 1.807) is 13.8 Å². The van der Waals surface area contributed by atoms with Gasteiger partial charge in [0.05, 0.1) is 12.2 Å². The summed E-state index contributed by atoms with van der Waals surface area (Å²) in [6, 6.07) is 17.8. The molecule has 2 aromatic carbocycles. The summed E-state index contributed by atoms with van der Waals surface area (Å²) in [4.78, 5) is 44.8. The summed E-state index contributed by atoms with van der Waals surface area (Å²) < 4.78 is 5.34. The van der Waals surface area contributed by atoms with Gasteiger partial charge in [0.1, 0.15) is 6.54 Å². The summed E-state index contributed by atoms with van der Waals surface area (Å²) in [7, 11) is 0. The number of amides is 2. The van der Waals surface area contributed by atoms with E-state index in [9.17, 15) is 14.4 Å². The molecule has 4 rings (SSSR count). The summed E-state index contributed by atoms with van der Waals surface area (Å²) in [5, 5.41) is 0. The highest BCUT2D eigenvalue weighted by Crippen LogP contribution is 2.37. The molecule has 0 spiro atoms. The second-order valence-electron chi connectivity index (χ2n) is 9.02. The second kappa shape index (κ2) is 10.8. The van der Waals surface area contributed by atoms with Crippen molar-refractivity contribution in [3.63, 3.8) is 0 Å². The molecule has 2 aromatic rings. The molecule has 0 N–H and O–H groups in total. The Balaban J connectivity index is 1.49. The fraction of sp³-hybridized carbons (Fsp3) is 0.393. The zero-order valence-corrected chi connectivity index (χ0v) is 20.7. The van der Waals surface area contributed by atoms with Gasteiger partial charge in [0.25, 0.3) is 0 Å². The number of hydrogen-bond acceptors (Lipinski definition) is 5. The van der Waals surface area contributed by atoms with Crippen LogP contribution >= 0.6 is 0 Å². The average Bonchev–Trinajstić information content (AvgIpc) is 2.87. The number of nitrogens with zero attached hydrogens (tertiary/aromatic N) is 3. The van der Waals surface area contributed by atoms with Crippen molar-refractivity contribution in [2.45, 2.75) is 33.1 Å². The molecule has 1 atom stereocenters. The number of rotatable bonds is 6. The maximum atomic E-state index is 13.2. The van der Waals surface area contributed by atoms with Gasteiger partial charge in [-0.25, -0.2) is 4.79 Å². The summed E-state index contributed by atoms with van der Waals surface area (Å²) in [5.41, 5.74) is 4.25. The molecular formula is C28H33N3O4. The fourth-order valence-electron chi connectivity index (χ4n) is 5.00. The number of esters is 1. The van der Waals surface area contributed by atoms with Crippen molar-refractivity contribution in [1.29, 1.82) is 0 Å². The molecule has 1 fully saturated rings. The van der Waals surface area contributed by atoms with Crippen molar-refractivity contribution in [2.24, 2.45) is 0 Å². The number of hydrogen-bond donors (Lipinski definition) is 0.